The van der Waals surface area contributed by atoms with E-state index in [1.54, 1.807) is 0 Å². The van der Waals surface area contributed by atoms with Gasteiger partial charge in [-0.3, -0.25) is 0 Å². The second kappa shape index (κ2) is 5.77. The summed E-state index contributed by atoms with van der Waals surface area (Å²) in [6, 6.07) is 4.24. The molecule has 0 fully saturated rings. The van der Waals surface area contributed by atoms with Gasteiger partial charge in [0.05, 0.1) is 5.69 Å². The maximum atomic E-state index is 13.1. The molecule has 0 aromatic heterocycles. The third kappa shape index (κ3) is 5.07. The Morgan fingerprint density at radius 3 is 2.62 bits per heavy atom. The molecule has 1 N–H and O–H groups in total. The molecule has 1 aromatic rings. The molecule has 0 saturated heterocycles. The summed E-state index contributed by atoms with van der Waals surface area (Å²) in [4.78, 5) is 0. The summed E-state index contributed by atoms with van der Waals surface area (Å²) in [6.45, 7) is 0.0531. The molecule has 7 heteroatoms. The number of rotatable bonds is 4. The van der Waals surface area contributed by atoms with Crippen LogP contribution in [0.5, 0.6) is 0 Å². The van der Waals surface area contributed by atoms with Gasteiger partial charge in [-0.25, -0.2) is 4.39 Å². The largest absolute Gasteiger partial charge is 0.441 e. The van der Waals surface area contributed by atoms with E-state index in [0.29, 0.717) is 4.47 Å². The van der Waals surface area contributed by atoms with Crippen molar-refractivity contribution in [3.8, 4) is 0 Å². The summed E-state index contributed by atoms with van der Waals surface area (Å²) < 4.78 is 49.1. The van der Waals surface area contributed by atoms with Gasteiger partial charge in [0.2, 0.25) is 0 Å². The third-order valence-corrected chi connectivity index (χ3v) is 2.84. The van der Waals surface area contributed by atoms with Crippen molar-refractivity contribution in [2.75, 3.05) is 17.6 Å². The van der Waals surface area contributed by atoms with Crippen LogP contribution in [-0.4, -0.2) is 17.8 Å². The number of benzene rings is 1. The van der Waals surface area contributed by atoms with Crippen molar-refractivity contribution < 1.29 is 17.6 Å². The van der Waals surface area contributed by atoms with E-state index in [9.17, 15) is 17.6 Å². The summed E-state index contributed by atoms with van der Waals surface area (Å²) in [5, 5.41) is 2.60. The monoisotopic (exact) mass is 317 g/mol. The Bertz CT molecular complexity index is 356. The van der Waals surface area contributed by atoms with Gasteiger partial charge in [-0.1, -0.05) is 15.9 Å². The van der Waals surface area contributed by atoms with E-state index in [1.807, 2.05) is 0 Å². The van der Waals surface area contributed by atoms with Gasteiger partial charge in [-0.15, -0.1) is 0 Å². The van der Waals surface area contributed by atoms with E-state index in [-0.39, 0.29) is 29.7 Å². The number of alkyl halides is 3. The molecule has 0 aliphatic rings. The first-order valence-electron chi connectivity index (χ1n) is 4.28. The zero-order valence-electron chi connectivity index (χ0n) is 7.94. The molecule has 0 spiro atoms. The smallest absolute Gasteiger partial charge is 0.382 e. The van der Waals surface area contributed by atoms with E-state index in [2.05, 4.69) is 21.2 Å². The van der Waals surface area contributed by atoms with Crippen LogP contribution in [0, 0.1) is 5.82 Å². The molecule has 0 aliphatic carbocycles. The molecule has 1 rings (SSSR count). The number of hydrogen-bond donors (Lipinski definition) is 1. The number of halogens is 5. The van der Waals surface area contributed by atoms with Crippen LogP contribution >= 0.6 is 27.7 Å². The first kappa shape index (κ1) is 13.6. The van der Waals surface area contributed by atoms with E-state index in [4.69, 9.17) is 0 Å². The molecule has 0 radical (unpaired) electrons. The minimum atomic E-state index is -4.24. The lowest BCUT2D eigenvalue weighted by molar-refractivity contribution is -0.0327. The van der Waals surface area contributed by atoms with Crippen LogP contribution in [0.15, 0.2) is 22.7 Å². The lowest BCUT2D eigenvalue weighted by atomic mass is 10.3. The molecule has 0 aliphatic heterocycles. The lowest BCUT2D eigenvalue weighted by Crippen LogP contribution is -2.10. The molecule has 90 valence electrons. The van der Waals surface area contributed by atoms with E-state index >= 15 is 0 Å². The maximum Gasteiger partial charge on any atom is 0.441 e. The Morgan fingerprint density at radius 1 is 1.31 bits per heavy atom. The Kier molecular flexibility index (Phi) is 4.91. The van der Waals surface area contributed by atoms with Gasteiger partial charge in [-0.2, -0.15) is 13.2 Å². The minimum absolute atomic E-state index is 0.0531. The van der Waals surface area contributed by atoms with Gasteiger partial charge in [0, 0.05) is 16.8 Å². The Hall–Kier alpha value is -0.430. The average molecular weight is 318 g/mol. The fourth-order valence-electron chi connectivity index (χ4n) is 0.985. The molecule has 0 heterocycles. The number of hydrogen-bond acceptors (Lipinski definition) is 2. The van der Waals surface area contributed by atoms with Crippen molar-refractivity contribution >= 4 is 33.4 Å². The quantitative estimate of drug-likeness (QED) is 0.658. The molecule has 0 saturated carbocycles. The van der Waals surface area contributed by atoms with Crippen molar-refractivity contribution in [1.82, 2.24) is 0 Å². The molecule has 0 unspecified atom stereocenters. The van der Waals surface area contributed by atoms with Crippen molar-refractivity contribution in [3.05, 3.63) is 28.5 Å². The van der Waals surface area contributed by atoms with Crippen LogP contribution in [0.25, 0.3) is 0 Å². The fourth-order valence-corrected chi connectivity index (χ4v) is 1.78. The van der Waals surface area contributed by atoms with Crippen molar-refractivity contribution in [1.29, 1.82) is 0 Å². The molecule has 1 nitrogen and oxygen atoms in total. The van der Waals surface area contributed by atoms with Crippen LogP contribution in [0.3, 0.4) is 0 Å². The van der Waals surface area contributed by atoms with Crippen molar-refractivity contribution in [3.63, 3.8) is 0 Å². The summed E-state index contributed by atoms with van der Waals surface area (Å²) in [5.74, 6) is -0.643. The Labute approximate surface area is 103 Å². The molecule has 0 amide bonds. The van der Waals surface area contributed by atoms with Gasteiger partial charge in [0.25, 0.3) is 0 Å². The van der Waals surface area contributed by atoms with Crippen molar-refractivity contribution in [2.45, 2.75) is 5.51 Å². The first-order chi connectivity index (χ1) is 7.38. The molecule has 0 bridgehead atoms. The predicted octanol–water partition coefficient (Wildman–Crippen LogP) is 4.25. The summed E-state index contributed by atoms with van der Waals surface area (Å²) in [6.07, 6.45) is 0. The van der Waals surface area contributed by atoms with Gasteiger partial charge in [-0.05, 0) is 30.0 Å². The van der Waals surface area contributed by atoms with Crippen LogP contribution in [-0.2, 0) is 0 Å². The normalized spacial score (nSPS) is 11.6. The zero-order chi connectivity index (χ0) is 12.2. The zero-order valence-corrected chi connectivity index (χ0v) is 10.3. The number of anilines is 1. The predicted molar refractivity (Wildman–Crippen MR) is 61.1 cm³/mol. The molecule has 0 atom stereocenters. The van der Waals surface area contributed by atoms with Crippen molar-refractivity contribution in [2.24, 2.45) is 0 Å². The SMILES string of the molecule is Fc1ccc(Br)cc1NCCSC(F)(F)F. The van der Waals surface area contributed by atoms with E-state index in [1.165, 1.54) is 18.2 Å². The first-order valence-corrected chi connectivity index (χ1v) is 6.06. The molecular weight excluding hydrogens is 310 g/mol. The van der Waals surface area contributed by atoms with E-state index in [0.717, 1.165) is 0 Å². The topological polar surface area (TPSA) is 12.0 Å². The number of thioether (sulfide) groups is 1. The second-order valence-electron chi connectivity index (χ2n) is 2.85. The highest BCUT2D eigenvalue weighted by molar-refractivity contribution is 9.10. The fraction of sp³-hybridized carbons (Fsp3) is 0.333. The Balaban J connectivity index is 2.40. The third-order valence-electron chi connectivity index (χ3n) is 1.61. The van der Waals surface area contributed by atoms with Gasteiger partial charge in [0.1, 0.15) is 5.82 Å². The lowest BCUT2D eigenvalue weighted by Gasteiger charge is -2.09. The van der Waals surface area contributed by atoms with E-state index < -0.39 is 11.3 Å². The Morgan fingerprint density at radius 2 is 2.00 bits per heavy atom. The highest BCUT2D eigenvalue weighted by Crippen LogP contribution is 2.29. The molecular formula is C9H8BrF4NS. The maximum absolute atomic E-state index is 13.1. The summed E-state index contributed by atoms with van der Waals surface area (Å²) >= 11 is 3.01. The van der Waals surface area contributed by atoms with Crippen LogP contribution in [0.1, 0.15) is 0 Å². The van der Waals surface area contributed by atoms with Crippen LogP contribution in [0.4, 0.5) is 23.2 Å². The standard InChI is InChI=1S/C9H8BrF4NS/c10-6-1-2-7(11)8(5-6)15-3-4-16-9(12,13)14/h1-2,5,15H,3-4H2. The van der Waals surface area contributed by atoms with Crippen LogP contribution in [0.2, 0.25) is 0 Å². The number of nitrogens with one attached hydrogen (secondary N) is 1. The average Bonchev–Trinajstić information content (AvgIpc) is 2.16. The highest BCUT2D eigenvalue weighted by atomic mass is 79.9. The molecule has 1 aromatic carbocycles. The highest BCUT2D eigenvalue weighted by Gasteiger charge is 2.27. The van der Waals surface area contributed by atoms with Gasteiger partial charge in [0.15, 0.2) is 0 Å². The minimum Gasteiger partial charge on any atom is -0.382 e. The van der Waals surface area contributed by atoms with Gasteiger partial charge >= 0.3 is 5.51 Å². The van der Waals surface area contributed by atoms with Gasteiger partial charge < -0.3 is 5.32 Å². The summed E-state index contributed by atoms with van der Waals surface area (Å²) in [7, 11) is 0. The molecule has 16 heavy (non-hydrogen) atoms. The second-order valence-corrected chi connectivity index (χ2v) is 4.92. The summed E-state index contributed by atoms with van der Waals surface area (Å²) in [5.41, 5.74) is -4.05. The van der Waals surface area contributed by atoms with Crippen LogP contribution < -0.4 is 5.32 Å².